The lowest BCUT2D eigenvalue weighted by molar-refractivity contribution is 0.0986. The number of hydrogen-bond acceptors (Lipinski definition) is 4. The topological polar surface area (TPSA) is 81.5 Å². The van der Waals surface area contributed by atoms with Crippen molar-refractivity contribution in [2.45, 2.75) is 31.6 Å². The minimum Gasteiger partial charge on any atom is -0.304 e. The first-order valence-corrected chi connectivity index (χ1v) is 11.7. The van der Waals surface area contributed by atoms with Gasteiger partial charge in [-0.25, -0.2) is 12.8 Å². The Morgan fingerprint density at radius 1 is 1.16 bits per heavy atom. The summed E-state index contributed by atoms with van der Waals surface area (Å²) in [6, 6.07) is 13.6. The Morgan fingerprint density at radius 2 is 1.84 bits per heavy atom. The van der Waals surface area contributed by atoms with E-state index in [0.29, 0.717) is 13.1 Å². The Labute approximate surface area is 182 Å². The Hall–Kier alpha value is -2.76. The van der Waals surface area contributed by atoms with Gasteiger partial charge in [0.25, 0.3) is 5.91 Å². The minimum atomic E-state index is -3.76. The molecule has 3 rings (SSSR count). The van der Waals surface area contributed by atoms with Crippen LogP contribution in [0.15, 0.2) is 53.4 Å². The molecule has 2 atom stereocenters. The predicted molar refractivity (Wildman–Crippen MR) is 116 cm³/mol. The third-order valence-electron chi connectivity index (χ3n) is 5.39. The minimum absolute atomic E-state index is 0.00556. The summed E-state index contributed by atoms with van der Waals surface area (Å²) in [5, 5.41) is 8.95. The van der Waals surface area contributed by atoms with Crippen LogP contribution in [0.25, 0.3) is 0 Å². The molecule has 1 amide bonds. The summed E-state index contributed by atoms with van der Waals surface area (Å²) in [7, 11) is -3.76. The maximum absolute atomic E-state index is 14.3. The summed E-state index contributed by atoms with van der Waals surface area (Å²) in [6.45, 7) is 4.93. The van der Waals surface area contributed by atoms with Crippen LogP contribution in [0.4, 0.5) is 10.1 Å². The van der Waals surface area contributed by atoms with Crippen molar-refractivity contribution >= 4 is 21.6 Å². The molecule has 164 valence electrons. The van der Waals surface area contributed by atoms with E-state index in [0.717, 1.165) is 6.42 Å². The fourth-order valence-electron chi connectivity index (χ4n) is 4.06. The molecule has 2 aromatic carbocycles. The van der Waals surface area contributed by atoms with Gasteiger partial charge in [0.15, 0.2) is 0 Å². The van der Waals surface area contributed by atoms with Crippen LogP contribution < -0.4 is 4.90 Å². The van der Waals surface area contributed by atoms with Gasteiger partial charge in [0.05, 0.1) is 23.1 Å². The second-order valence-corrected chi connectivity index (χ2v) is 10.1. The molecule has 1 aliphatic rings. The molecule has 1 aliphatic heterocycles. The third-order valence-corrected chi connectivity index (χ3v) is 7.22. The monoisotopic (exact) mass is 443 g/mol. The number of nitriles is 1. The Kier molecular flexibility index (Phi) is 7.08. The van der Waals surface area contributed by atoms with Gasteiger partial charge in [-0.2, -0.15) is 9.57 Å². The van der Waals surface area contributed by atoms with E-state index in [4.69, 9.17) is 5.26 Å². The fraction of sp³-hybridized carbons (Fsp3) is 0.391. The molecule has 0 aromatic heterocycles. The summed E-state index contributed by atoms with van der Waals surface area (Å²) >= 11 is 0. The summed E-state index contributed by atoms with van der Waals surface area (Å²) in [5.41, 5.74) is 0.176. The van der Waals surface area contributed by atoms with E-state index in [1.807, 2.05) is 19.9 Å². The summed E-state index contributed by atoms with van der Waals surface area (Å²) in [5.74, 6) is -0.636. The van der Waals surface area contributed by atoms with Crippen LogP contribution in [-0.4, -0.2) is 38.3 Å². The number of rotatable bonds is 6. The molecule has 0 spiro atoms. The maximum atomic E-state index is 14.3. The van der Waals surface area contributed by atoms with E-state index in [1.165, 1.54) is 51.7 Å². The van der Waals surface area contributed by atoms with Crippen molar-refractivity contribution in [1.29, 1.82) is 5.26 Å². The van der Waals surface area contributed by atoms with E-state index in [-0.39, 0.29) is 40.9 Å². The van der Waals surface area contributed by atoms with Gasteiger partial charge in [0.2, 0.25) is 10.0 Å². The van der Waals surface area contributed by atoms with Crippen molar-refractivity contribution in [3.63, 3.8) is 0 Å². The highest BCUT2D eigenvalue weighted by Gasteiger charge is 2.32. The summed E-state index contributed by atoms with van der Waals surface area (Å²) in [6.07, 6.45) is 0.989. The number of hydrogen-bond donors (Lipinski definition) is 0. The number of anilines is 1. The van der Waals surface area contributed by atoms with Gasteiger partial charge >= 0.3 is 0 Å². The second kappa shape index (κ2) is 9.58. The van der Waals surface area contributed by atoms with Crippen LogP contribution in [0.5, 0.6) is 0 Å². The Balaban J connectivity index is 1.94. The van der Waals surface area contributed by atoms with Crippen LogP contribution in [-0.2, 0) is 10.0 Å². The molecule has 0 bridgehead atoms. The lowest BCUT2D eigenvalue weighted by Gasteiger charge is -2.34. The van der Waals surface area contributed by atoms with E-state index in [2.05, 4.69) is 0 Å². The van der Waals surface area contributed by atoms with Crippen molar-refractivity contribution in [2.75, 3.05) is 24.5 Å². The van der Waals surface area contributed by atoms with Gasteiger partial charge in [-0.3, -0.25) is 4.79 Å². The number of benzene rings is 2. The molecule has 0 radical (unpaired) electrons. The number of nitrogens with zero attached hydrogens (tertiary/aromatic N) is 3. The first-order chi connectivity index (χ1) is 14.7. The molecule has 0 saturated carbocycles. The second-order valence-electron chi connectivity index (χ2n) is 8.11. The van der Waals surface area contributed by atoms with Crippen LogP contribution >= 0.6 is 0 Å². The van der Waals surface area contributed by atoms with Crippen molar-refractivity contribution < 1.29 is 17.6 Å². The highest BCUT2D eigenvalue weighted by Crippen LogP contribution is 2.28. The quantitative estimate of drug-likeness (QED) is 0.674. The average Bonchev–Trinajstić information content (AvgIpc) is 2.74. The van der Waals surface area contributed by atoms with Gasteiger partial charge in [0.1, 0.15) is 5.82 Å². The van der Waals surface area contributed by atoms with Crippen LogP contribution in [0, 0.1) is 29.0 Å². The molecule has 2 aromatic rings. The highest BCUT2D eigenvalue weighted by atomic mass is 32.2. The summed E-state index contributed by atoms with van der Waals surface area (Å²) in [4.78, 5) is 14.4. The van der Waals surface area contributed by atoms with Crippen LogP contribution in [0.3, 0.4) is 0 Å². The van der Waals surface area contributed by atoms with Gasteiger partial charge in [0, 0.05) is 25.2 Å². The maximum Gasteiger partial charge on any atom is 0.258 e. The number of sulfonamides is 1. The molecule has 2 unspecified atom stereocenters. The van der Waals surface area contributed by atoms with Crippen molar-refractivity contribution in [3.05, 3.63) is 59.9 Å². The zero-order valence-electron chi connectivity index (χ0n) is 17.7. The highest BCUT2D eigenvalue weighted by molar-refractivity contribution is 7.89. The van der Waals surface area contributed by atoms with Crippen molar-refractivity contribution in [2.24, 2.45) is 11.8 Å². The fourth-order valence-corrected chi connectivity index (χ4v) is 5.79. The Morgan fingerprint density at radius 3 is 2.48 bits per heavy atom. The zero-order chi connectivity index (χ0) is 22.6. The van der Waals surface area contributed by atoms with Crippen LogP contribution in [0.2, 0.25) is 0 Å². The first kappa shape index (κ1) is 22.9. The first-order valence-electron chi connectivity index (χ1n) is 10.3. The van der Waals surface area contributed by atoms with Gasteiger partial charge < -0.3 is 4.90 Å². The number of halogens is 1. The standard InChI is InChI=1S/C23H26FN3O3S/c1-17-13-18(2)16-26(15-17)31(29,30)20-8-5-7-19(14-20)23(28)27(12-6-11-25)22-10-4-3-9-21(22)24/h3-5,7-10,14,17-18H,6,12-13,15-16H2,1-2H3. The normalized spacial score (nSPS) is 19.5. The number of para-hydroxylation sites is 1. The number of carbonyl (C=O) groups excluding carboxylic acids is 1. The van der Waals surface area contributed by atoms with Gasteiger partial charge in [-0.15, -0.1) is 0 Å². The van der Waals surface area contributed by atoms with Gasteiger partial charge in [-0.1, -0.05) is 32.0 Å². The number of amides is 1. The molecule has 1 saturated heterocycles. The zero-order valence-corrected chi connectivity index (χ0v) is 18.5. The molecular formula is C23H26FN3O3S. The molecule has 1 heterocycles. The number of carbonyl (C=O) groups is 1. The van der Waals surface area contributed by atoms with Crippen molar-refractivity contribution in [1.82, 2.24) is 4.31 Å². The average molecular weight is 444 g/mol. The van der Waals surface area contributed by atoms with E-state index >= 15 is 0 Å². The molecule has 0 aliphatic carbocycles. The molecule has 31 heavy (non-hydrogen) atoms. The lowest BCUT2D eigenvalue weighted by atomic mass is 9.94. The van der Waals surface area contributed by atoms with E-state index < -0.39 is 21.7 Å². The molecule has 8 heteroatoms. The van der Waals surface area contributed by atoms with Crippen molar-refractivity contribution in [3.8, 4) is 6.07 Å². The molecule has 0 N–H and O–H groups in total. The predicted octanol–water partition coefficient (Wildman–Crippen LogP) is 4.05. The number of piperidine rings is 1. The lowest BCUT2D eigenvalue weighted by Crippen LogP contribution is -2.42. The summed E-state index contributed by atoms with van der Waals surface area (Å²) < 4.78 is 42.3. The molecule has 1 fully saturated rings. The third kappa shape index (κ3) is 5.12. The molecule has 6 nitrogen and oxygen atoms in total. The van der Waals surface area contributed by atoms with Gasteiger partial charge in [-0.05, 0) is 48.6 Å². The van der Waals surface area contributed by atoms with Crippen LogP contribution in [0.1, 0.15) is 37.0 Å². The van der Waals surface area contributed by atoms with E-state index in [1.54, 1.807) is 6.07 Å². The SMILES string of the molecule is CC1CC(C)CN(S(=O)(=O)c2cccc(C(=O)N(CCC#N)c3ccccc3F)c2)C1. The molecular weight excluding hydrogens is 417 g/mol. The van der Waals surface area contributed by atoms with E-state index in [9.17, 15) is 17.6 Å². The Bertz CT molecular complexity index is 1090. The smallest absolute Gasteiger partial charge is 0.258 e. The largest absolute Gasteiger partial charge is 0.304 e.